The van der Waals surface area contributed by atoms with Gasteiger partial charge in [-0.2, -0.15) is 0 Å². The van der Waals surface area contributed by atoms with Crippen molar-refractivity contribution in [1.82, 2.24) is 4.98 Å². The van der Waals surface area contributed by atoms with Crippen LogP contribution in [0, 0.1) is 17.8 Å². The van der Waals surface area contributed by atoms with Crippen LogP contribution in [0.3, 0.4) is 0 Å². The molecule has 1 aromatic heterocycles. The van der Waals surface area contributed by atoms with Gasteiger partial charge in [-0.25, -0.2) is 0 Å². The summed E-state index contributed by atoms with van der Waals surface area (Å²) in [6, 6.07) is 18.5. The van der Waals surface area contributed by atoms with Gasteiger partial charge in [0.2, 0.25) is 11.8 Å². The molecule has 0 saturated carbocycles. The van der Waals surface area contributed by atoms with E-state index in [0.717, 1.165) is 22.5 Å². The van der Waals surface area contributed by atoms with Crippen LogP contribution in [-0.2, 0) is 9.59 Å². The second-order valence-corrected chi connectivity index (χ2v) is 11.4. The zero-order valence-electron chi connectivity index (χ0n) is 24.6. The van der Waals surface area contributed by atoms with Gasteiger partial charge in [0.05, 0.1) is 35.9 Å². The summed E-state index contributed by atoms with van der Waals surface area (Å²) >= 11 is 0. The van der Waals surface area contributed by atoms with E-state index in [0.29, 0.717) is 36.1 Å². The first-order chi connectivity index (χ1) is 21.2. The molecule has 5 rings (SSSR count). The molecule has 0 bridgehead atoms. The van der Waals surface area contributed by atoms with Crippen molar-refractivity contribution in [3.63, 3.8) is 0 Å². The third kappa shape index (κ3) is 6.25. The van der Waals surface area contributed by atoms with Gasteiger partial charge in [0, 0.05) is 17.7 Å². The Bertz CT molecular complexity index is 1570. The largest absolute Gasteiger partial charge is 0.507 e. The molecule has 3 aromatic rings. The number of phenolic OH excluding ortho intramolecular Hbond substituents is 1. The van der Waals surface area contributed by atoms with Gasteiger partial charge in [-0.3, -0.25) is 19.5 Å². The lowest BCUT2D eigenvalue weighted by Gasteiger charge is -2.36. The van der Waals surface area contributed by atoms with Crippen LogP contribution in [0.15, 0.2) is 84.1 Å². The van der Waals surface area contributed by atoms with Crippen LogP contribution in [0.2, 0.25) is 0 Å². The third-order valence-corrected chi connectivity index (χ3v) is 8.67. The number of nitrogens with zero attached hydrogens (tertiary/aromatic N) is 2. The van der Waals surface area contributed by atoms with Crippen LogP contribution < -0.4 is 10.4 Å². The number of para-hydroxylation sites is 1. The maximum atomic E-state index is 13.8. The fraction of sp³-hybridized carbons (Fsp3) is 0.324. The van der Waals surface area contributed by atoms with Crippen molar-refractivity contribution in [2.75, 3.05) is 11.5 Å². The summed E-state index contributed by atoms with van der Waals surface area (Å²) in [4.78, 5) is 33.1. The summed E-state index contributed by atoms with van der Waals surface area (Å²) < 4.78 is 0. The van der Waals surface area contributed by atoms with E-state index in [1.807, 2.05) is 37.3 Å². The molecule has 10 heteroatoms. The van der Waals surface area contributed by atoms with E-state index >= 15 is 0 Å². The van der Waals surface area contributed by atoms with Gasteiger partial charge in [0.15, 0.2) is 0 Å². The fourth-order valence-corrected chi connectivity index (χ4v) is 6.65. The first kappa shape index (κ1) is 31.3. The molecule has 0 unspecified atom stereocenters. The van der Waals surface area contributed by atoms with Gasteiger partial charge in [-0.05, 0) is 78.7 Å². The Labute approximate surface area is 257 Å². The number of phenols is 1. The SMILES string of the molecule is CCCC1=C([C@H](O)CC/C(=C/c2ccccc2O)c2ccccn2)[C@H](CO)[C@@H]2C(=O)N(c3cccc(B(O)O)c3)C(=O)[C@@H]2C1. The van der Waals surface area contributed by atoms with Gasteiger partial charge in [0.25, 0.3) is 0 Å². The maximum Gasteiger partial charge on any atom is 0.488 e. The molecule has 2 amide bonds. The number of rotatable bonds is 11. The third-order valence-electron chi connectivity index (χ3n) is 8.67. The Morgan fingerprint density at radius 3 is 2.52 bits per heavy atom. The number of fused-ring (bicyclic) bond motifs is 1. The number of aromatic hydroxyl groups is 1. The van der Waals surface area contributed by atoms with E-state index in [-0.39, 0.29) is 23.3 Å². The quantitative estimate of drug-likeness (QED) is 0.129. The van der Waals surface area contributed by atoms with Crippen molar-refractivity contribution >= 4 is 41.7 Å². The van der Waals surface area contributed by atoms with E-state index in [9.17, 15) is 35.0 Å². The number of allylic oxidation sites excluding steroid dienone is 2. The molecular weight excluding hydrogens is 559 g/mol. The number of carbonyl (C=O) groups is 2. The number of aliphatic hydroxyl groups excluding tert-OH is 2. The van der Waals surface area contributed by atoms with Crippen LogP contribution in [0.1, 0.15) is 50.3 Å². The number of pyridine rings is 1. The summed E-state index contributed by atoms with van der Waals surface area (Å²) in [5, 5.41) is 52.0. The van der Waals surface area contributed by atoms with Crippen molar-refractivity contribution in [3.05, 3.63) is 95.3 Å². The molecule has 4 atom stereocenters. The summed E-state index contributed by atoms with van der Waals surface area (Å²) in [5.41, 5.74) is 4.02. The minimum absolute atomic E-state index is 0.126. The van der Waals surface area contributed by atoms with Crippen molar-refractivity contribution in [1.29, 1.82) is 0 Å². The minimum atomic E-state index is -1.76. The molecule has 228 valence electrons. The standard InChI is InChI=1S/C34H37BN2O7/c1-2-8-23-18-26-32(34(42)37(33(26)41)25-11-7-10-24(19-25)35(43)44)27(20-38)31(23)30(40)15-14-21(28-12-5-6-16-36-28)17-22-9-3-4-13-29(22)39/h3-7,9-13,16-17,19,26-27,30,32,38-40,43-44H,2,8,14-15,18,20H2,1H3/b21-17-/t26-,27+,30-,32-/m1/s1. The molecule has 1 saturated heterocycles. The highest BCUT2D eigenvalue weighted by atomic mass is 16.4. The molecule has 0 radical (unpaired) electrons. The molecular formula is C34H37BN2O7. The van der Waals surface area contributed by atoms with E-state index < -0.39 is 49.4 Å². The number of imide groups is 1. The normalized spacial score (nSPS) is 21.1. The van der Waals surface area contributed by atoms with Crippen molar-refractivity contribution < 1.29 is 35.0 Å². The monoisotopic (exact) mass is 596 g/mol. The lowest BCUT2D eigenvalue weighted by Crippen LogP contribution is -2.39. The number of anilines is 1. The second kappa shape index (κ2) is 13.7. The predicted octanol–water partition coefficient (Wildman–Crippen LogP) is 3.06. The second-order valence-electron chi connectivity index (χ2n) is 11.4. The average Bonchev–Trinajstić information content (AvgIpc) is 3.28. The van der Waals surface area contributed by atoms with Crippen molar-refractivity contribution in [2.24, 2.45) is 17.8 Å². The first-order valence-corrected chi connectivity index (χ1v) is 15.0. The molecule has 1 aliphatic heterocycles. The van der Waals surface area contributed by atoms with E-state index in [4.69, 9.17) is 0 Å². The molecule has 44 heavy (non-hydrogen) atoms. The van der Waals surface area contributed by atoms with Crippen LogP contribution in [-0.4, -0.2) is 62.0 Å². The lowest BCUT2D eigenvalue weighted by atomic mass is 9.67. The van der Waals surface area contributed by atoms with Crippen LogP contribution >= 0.6 is 0 Å². The number of benzene rings is 2. The minimum Gasteiger partial charge on any atom is -0.507 e. The Morgan fingerprint density at radius 1 is 1.07 bits per heavy atom. The Kier molecular flexibility index (Phi) is 9.75. The van der Waals surface area contributed by atoms with Gasteiger partial charge in [-0.1, -0.05) is 55.3 Å². The fourth-order valence-electron chi connectivity index (χ4n) is 6.65. The smallest absolute Gasteiger partial charge is 0.488 e. The molecule has 2 heterocycles. The number of hydrogen-bond acceptors (Lipinski definition) is 8. The van der Waals surface area contributed by atoms with Crippen LogP contribution in [0.25, 0.3) is 11.6 Å². The summed E-state index contributed by atoms with van der Waals surface area (Å²) in [5.74, 6) is -3.04. The summed E-state index contributed by atoms with van der Waals surface area (Å²) in [6.07, 6.45) is 4.88. The number of carbonyl (C=O) groups excluding carboxylic acids is 2. The molecule has 5 N–H and O–H groups in total. The van der Waals surface area contributed by atoms with Gasteiger partial charge in [-0.15, -0.1) is 0 Å². The summed E-state index contributed by atoms with van der Waals surface area (Å²) in [6.45, 7) is 1.59. The van der Waals surface area contributed by atoms with E-state index in [1.165, 1.54) is 12.1 Å². The molecule has 9 nitrogen and oxygen atoms in total. The highest BCUT2D eigenvalue weighted by Crippen LogP contribution is 2.48. The summed E-state index contributed by atoms with van der Waals surface area (Å²) in [7, 11) is -1.76. The maximum absolute atomic E-state index is 13.8. The predicted molar refractivity (Wildman–Crippen MR) is 168 cm³/mol. The Morgan fingerprint density at radius 2 is 1.84 bits per heavy atom. The molecule has 1 aliphatic carbocycles. The molecule has 1 fully saturated rings. The van der Waals surface area contributed by atoms with Crippen molar-refractivity contribution in [3.8, 4) is 5.75 Å². The highest BCUT2D eigenvalue weighted by molar-refractivity contribution is 6.58. The average molecular weight is 596 g/mol. The molecule has 0 spiro atoms. The number of aromatic nitrogens is 1. The van der Waals surface area contributed by atoms with Crippen molar-refractivity contribution in [2.45, 2.75) is 45.1 Å². The van der Waals surface area contributed by atoms with Gasteiger partial charge >= 0.3 is 7.12 Å². The lowest BCUT2D eigenvalue weighted by molar-refractivity contribution is -0.123. The zero-order valence-corrected chi connectivity index (χ0v) is 24.6. The Balaban J connectivity index is 1.45. The van der Waals surface area contributed by atoms with E-state index in [2.05, 4.69) is 4.98 Å². The Hall–Kier alpha value is -4.09. The topological polar surface area (TPSA) is 151 Å². The van der Waals surface area contributed by atoms with Crippen LogP contribution in [0.4, 0.5) is 5.69 Å². The van der Waals surface area contributed by atoms with E-state index in [1.54, 1.807) is 36.5 Å². The van der Waals surface area contributed by atoms with Gasteiger partial charge < -0.3 is 25.4 Å². The van der Waals surface area contributed by atoms with Gasteiger partial charge in [0.1, 0.15) is 5.75 Å². The number of amides is 2. The highest BCUT2D eigenvalue weighted by Gasteiger charge is 2.55. The molecule has 2 aliphatic rings. The molecule has 2 aromatic carbocycles. The number of hydrogen-bond donors (Lipinski definition) is 5. The van der Waals surface area contributed by atoms with Crippen LogP contribution in [0.5, 0.6) is 5.75 Å². The first-order valence-electron chi connectivity index (χ1n) is 15.0. The zero-order chi connectivity index (χ0) is 31.4. The number of aliphatic hydroxyl groups is 2.